The lowest BCUT2D eigenvalue weighted by atomic mass is 10.1. The van der Waals surface area contributed by atoms with Gasteiger partial charge in [-0.25, -0.2) is 4.79 Å². The predicted octanol–water partition coefficient (Wildman–Crippen LogP) is 4.35. The van der Waals surface area contributed by atoms with E-state index in [0.29, 0.717) is 10.6 Å². The molecule has 0 fully saturated rings. The molecule has 24 heavy (non-hydrogen) atoms. The number of carbonyl (C=O) groups is 1. The molecule has 0 saturated heterocycles. The van der Waals surface area contributed by atoms with Crippen molar-refractivity contribution in [2.75, 3.05) is 11.9 Å². The van der Waals surface area contributed by atoms with Crippen molar-refractivity contribution >= 4 is 34.1 Å². The molecule has 3 rings (SSSR count). The van der Waals surface area contributed by atoms with E-state index < -0.39 is 6.10 Å². The van der Waals surface area contributed by atoms with E-state index in [1.54, 1.807) is 24.3 Å². The summed E-state index contributed by atoms with van der Waals surface area (Å²) in [5.74, 6) is 0. The van der Waals surface area contributed by atoms with Crippen LogP contribution in [0.1, 0.15) is 11.7 Å². The van der Waals surface area contributed by atoms with Gasteiger partial charge in [-0.1, -0.05) is 60.1 Å². The standard InChI is InChI=1S/C19H17ClN2O2/c20-15-10-8-14(9-11-15)18(23)12-21-19(24)22-17-7-3-5-13-4-1-2-6-16(13)17/h1-11,18,23H,12H2,(H2,21,22,24). The molecular formula is C19H17ClN2O2. The van der Waals surface area contributed by atoms with Crippen molar-refractivity contribution in [2.24, 2.45) is 0 Å². The molecule has 0 aromatic heterocycles. The van der Waals surface area contributed by atoms with Gasteiger partial charge < -0.3 is 15.7 Å². The molecule has 0 radical (unpaired) electrons. The number of amides is 2. The summed E-state index contributed by atoms with van der Waals surface area (Å²) in [5, 5.41) is 18.2. The largest absolute Gasteiger partial charge is 0.387 e. The van der Waals surface area contributed by atoms with Gasteiger partial charge >= 0.3 is 6.03 Å². The average Bonchev–Trinajstić information content (AvgIpc) is 2.61. The van der Waals surface area contributed by atoms with E-state index in [1.807, 2.05) is 42.5 Å². The summed E-state index contributed by atoms with van der Waals surface area (Å²) >= 11 is 5.82. The van der Waals surface area contributed by atoms with E-state index in [1.165, 1.54) is 0 Å². The maximum absolute atomic E-state index is 12.1. The number of anilines is 1. The Hall–Kier alpha value is -2.56. The minimum absolute atomic E-state index is 0.109. The number of aliphatic hydroxyl groups is 1. The quantitative estimate of drug-likeness (QED) is 0.661. The normalized spacial score (nSPS) is 11.9. The molecule has 5 heteroatoms. The fraction of sp³-hybridized carbons (Fsp3) is 0.105. The number of urea groups is 1. The molecule has 0 heterocycles. The van der Waals surface area contributed by atoms with Gasteiger partial charge in [0.05, 0.1) is 11.8 Å². The number of halogens is 1. The highest BCUT2D eigenvalue weighted by Gasteiger charge is 2.10. The van der Waals surface area contributed by atoms with Gasteiger partial charge in [-0.05, 0) is 29.1 Å². The number of fused-ring (bicyclic) bond motifs is 1. The first-order valence-corrected chi connectivity index (χ1v) is 7.97. The van der Waals surface area contributed by atoms with Crippen molar-refractivity contribution in [1.29, 1.82) is 0 Å². The van der Waals surface area contributed by atoms with E-state index >= 15 is 0 Å². The fourth-order valence-corrected chi connectivity index (χ4v) is 2.62. The number of hydrogen-bond acceptors (Lipinski definition) is 2. The van der Waals surface area contributed by atoms with Crippen molar-refractivity contribution in [3.63, 3.8) is 0 Å². The molecule has 122 valence electrons. The monoisotopic (exact) mass is 340 g/mol. The van der Waals surface area contributed by atoms with Crippen LogP contribution in [-0.2, 0) is 0 Å². The fourth-order valence-electron chi connectivity index (χ4n) is 2.49. The Balaban J connectivity index is 1.62. The average molecular weight is 341 g/mol. The first-order valence-electron chi connectivity index (χ1n) is 7.59. The predicted molar refractivity (Wildman–Crippen MR) is 97.4 cm³/mol. The summed E-state index contributed by atoms with van der Waals surface area (Å²) in [6, 6.07) is 20.1. The summed E-state index contributed by atoms with van der Waals surface area (Å²) in [7, 11) is 0. The van der Waals surface area contributed by atoms with E-state index in [4.69, 9.17) is 11.6 Å². The smallest absolute Gasteiger partial charge is 0.319 e. The topological polar surface area (TPSA) is 61.4 Å². The number of benzene rings is 3. The molecule has 2 amide bonds. The van der Waals surface area contributed by atoms with Gasteiger partial charge in [0.1, 0.15) is 0 Å². The van der Waals surface area contributed by atoms with Crippen LogP contribution in [0.3, 0.4) is 0 Å². The molecule has 1 unspecified atom stereocenters. The van der Waals surface area contributed by atoms with Crippen LogP contribution in [0, 0.1) is 0 Å². The highest BCUT2D eigenvalue weighted by atomic mass is 35.5. The molecule has 4 nitrogen and oxygen atoms in total. The van der Waals surface area contributed by atoms with Crippen molar-refractivity contribution < 1.29 is 9.90 Å². The molecule has 3 aromatic rings. The Morgan fingerprint density at radius 1 is 1.00 bits per heavy atom. The van der Waals surface area contributed by atoms with Crippen LogP contribution in [0.15, 0.2) is 66.7 Å². The zero-order valence-corrected chi connectivity index (χ0v) is 13.6. The van der Waals surface area contributed by atoms with Crippen LogP contribution in [0.4, 0.5) is 10.5 Å². The van der Waals surface area contributed by atoms with Crippen LogP contribution >= 0.6 is 11.6 Å². The Labute approximate surface area is 145 Å². The number of hydrogen-bond donors (Lipinski definition) is 3. The van der Waals surface area contributed by atoms with Gasteiger partial charge in [-0.2, -0.15) is 0 Å². The lowest BCUT2D eigenvalue weighted by Crippen LogP contribution is -2.32. The van der Waals surface area contributed by atoms with E-state index in [-0.39, 0.29) is 12.6 Å². The molecule has 0 aliphatic rings. The minimum atomic E-state index is -0.791. The third kappa shape index (κ3) is 3.85. The summed E-state index contributed by atoms with van der Waals surface area (Å²) in [6.45, 7) is 0.109. The Kier molecular flexibility index (Phi) is 4.99. The van der Waals surface area contributed by atoms with Crippen molar-refractivity contribution in [2.45, 2.75) is 6.10 Å². The van der Waals surface area contributed by atoms with Gasteiger partial charge in [0.25, 0.3) is 0 Å². The van der Waals surface area contributed by atoms with Crippen molar-refractivity contribution in [3.05, 3.63) is 77.3 Å². The Morgan fingerprint density at radius 3 is 2.50 bits per heavy atom. The lowest BCUT2D eigenvalue weighted by Gasteiger charge is -2.14. The molecule has 3 N–H and O–H groups in total. The number of carbonyl (C=O) groups excluding carboxylic acids is 1. The first kappa shape index (κ1) is 16.3. The molecule has 1 atom stereocenters. The minimum Gasteiger partial charge on any atom is -0.387 e. The van der Waals surface area contributed by atoms with Gasteiger partial charge in [-0.3, -0.25) is 0 Å². The van der Waals surface area contributed by atoms with Crippen LogP contribution in [0.5, 0.6) is 0 Å². The molecule has 0 spiro atoms. The highest BCUT2D eigenvalue weighted by Crippen LogP contribution is 2.22. The zero-order chi connectivity index (χ0) is 16.9. The maximum atomic E-state index is 12.1. The van der Waals surface area contributed by atoms with Crippen LogP contribution in [0.25, 0.3) is 10.8 Å². The van der Waals surface area contributed by atoms with Crippen LogP contribution in [0.2, 0.25) is 5.02 Å². The van der Waals surface area contributed by atoms with E-state index in [2.05, 4.69) is 10.6 Å². The highest BCUT2D eigenvalue weighted by molar-refractivity contribution is 6.30. The molecule has 3 aromatic carbocycles. The summed E-state index contributed by atoms with van der Waals surface area (Å²) in [5.41, 5.74) is 1.43. The Morgan fingerprint density at radius 2 is 1.71 bits per heavy atom. The van der Waals surface area contributed by atoms with Gasteiger partial charge in [-0.15, -0.1) is 0 Å². The second-order valence-corrected chi connectivity index (χ2v) is 5.87. The van der Waals surface area contributed by atoms with Crippen LogP contribution in [-0.4, -0.2) is 17.7 Å². The molecule has 0 aliphatic carbocycles. The third-order valence-corrected chi connectivity index (χ3v) is 4.00. The second kappa shape index (κ2) is 7.34. The molecule has 0 saturated carbocycles. The second-order valence-electron chi connectivity index (χ2n) is 5.43. The lowest BCUT2D eigenvalue weighted by molar-refractivity contribution is 0.175. The van der Waals surface area contributed by atoms with Crippen LogP contribution < -0.4 is 10.6 Å². The van der Waals surface area contributed by atoms with Gasteiger partial charge in [0, 0.05) is 17.0 Å². The van der Waals surface area contributed by atoms with E-state index in [9.17, 15) is 9.90 Å². The maximum Gasteiger partial charge on any atom is 0.319 e. The molecule has 0 bridgehead atoms. The van der Waals surface area contributed by atoms with Gasteiger partial charge in [0.2, 0.25) is 0 Å². The zero-order valence-electron chi connectivity index (χ0n) is 12.9. The number of rotatable bonds is 4. The van der Waals surface area contributed by atoms with Crippen molar-refractivity contribution in [3.8, 4) is 0 Å². The number of nitrogens with one attached hydrogen (secondary N) is 2. The van der Waals surface area contributed by atoms with Crippen molar-refractivity contribution in [1.82, 2.24) is 5.32 Å². The molecule has 0 aliphatic heterocycles. The van der Waals surface area contributed by atoms with E-state index in [0.717, 1.165) is 16.5 Å². The Bertz CT molecular complexity index is 844. The summed E-state index contributed by atoms with van der Waals surface area (Å²) in [6.07, 6.45) is -0.791. The third-order valence-electron chi connectivity index (χ3n) is 3.75. The van der Waals surface area contributed by atoms with Gasteiger partial charge in [0.15, 0.2) is 0 Å². The SMILES string of the molecule is O=C(NCC(O)c1ccc(Cl)cc1)Nc1cccc2ccccc12. The molecular weight excluding hydrogens is 324 g/mol. The summed E-state index contributed by atoms with van der Waals surface area (Å²) in [4.78, 5) is 12.1. The first-order chi connectivity index (χ1) is 11.6. The number of aliphatic hydroxyl groups excluding tert-OH is 1. The summed E-state index contributed by atoms with van der Waals surface area (Å²) < 4.78 is 0.